The molecule has 0 radical (unpaired) electrons. The first-order valence-corrected chi connectivity index (χ1v) is 7.04. The number of furan rings is 1. The van der Waals surface area contributed by atoms with Crippen LogP contribution in [0.2, 0.25) is 5.02 Å². The minimum absolute atomic E-state index is 0.140. The van der Waals surface area contributed by atoms with Crippen LogP contribution in [0.25, 0.3) is 0 Å². The largest absolute Gasteiger partial charge is 0.454 e. The number of amides is 1. The molecule has 4 N–H and O–H groups in total. The SMILES string of the molecule is CN=C(NCc1ccc(Cl)cc1)NCc1ccc(C(N)=O)o1. The van der Waals surface area contributed by atoms with Crippen molar-refractivity contribution in [3.05, 3.63) is 58.5 Å². The number of guanidine groups is 1. The Morgan fingerprint density at radius 2 is 1.86 bits per heavy atom. The van der Waals surface area contributed by atoms with Gasteiger partial charge in [0.05, 0.1) is 6.54 Å². The van der Waals surface area contributed by atoms with Gasteiger partial charge in [0.15, 0.2) is 11.7 Å². The third-order valence-electron chi connectivity index (χ3n) is 2.93. The van der Waals surface area contributed by atoms with E-state index in [0.717, 1.165) is 5.56 Å². The zero-order valence-electron chi connectivity index (χ0n) is 12.1. The van der Waals surface area contributed by atoms with Gasteiger partial charge in [-0.05, 0) is 29.8 Å². The fraction of sp³-hybridized carbons (Fsp3) is 0.200. The molecule has 0 spiro atoms. The second kappa shape index (κ2) is 7.51. The van der Waals surface area contributed by atoms with Gasteiger partial charge < -0.3 is 20.8 Å². The van der Waals surface area contributed by atoms with Crippen LogP contribution in [0.15, 0.2) is 45.8 Å². The first kappa shape index (κ1) is 15.9. The monoisotopic (exact) mass is 320 g/mol. The molecule has 0 saturated carbocycles. The fourth-order valence-corrected chi connectivity index (χ4v) is 1.91. The molecule has 2 rings (SSSR count). The van der Waals surface area contributed by atoms with E-state index in [4.69, 9.17) is 21.8 Å². The fourth-order valence-electron chi connectivity index (χ4n) is 1.78. The van der Waals surface area contributed by atoms with Gasteiger partial charge in [-0.1, -0.05) is 23.7 Å². The van der Waals surface area contributed by atoms with Crippen LogP contribution in [-0.2, 0) is 13.1 Å². The first-order valence-electron chi connectivity index (χ1n) is 6.66. The molecule has 0 unspecified atom stereocenters. The summed E-state index contributed by atoms with van der Waals surface area (Å²) in [5, 5.41) is 6.96. The third kappa shape index (κ3) is 4.53. The van der Waals surface area contributed by atoms with Crippen molar-refractivity contribution in [2.24, 2.45) is 10.7 Å². The molecule has 0 saturated heterocycles. The van der Waals surface area contributed by atoms with E-state index in [1.807, 2.05) is 24.3 Å². The smallest absolute Gasteiger partial charge is 0.284 e. The number of benzene rings is 1. The van der Waals surface area contributed by atoms with Crippen LogP contribution in [-0.4, -0.2) is 18.9 Å². The van der Waals surface area contributed by atoms with Crippen molar-refractivity contribution in [3.63, 3.8) is 0 Å². The van der Waals surface area contributed by atoms with Crippen LogP contribution in [0.5, 0.6) is 0 Å². The van der Waals surface area contributed by atoms with E-state index in [-0.39, 0.29) is 5.76 Å². The van der Waals surface area contributed by atoms with E-state index in [2.05, 4.69) is 15.6 Å². The summed E-state index contributed by atoms with van der Waals surface area (Å²) in [6.45, 7) is 1.01. The first-order chi connectivity index (χ1) is 10.6. The quantitative estimate of drug-likeness (QED) is 0.579. The molecule has 1 heterocycles. The minimum Gasteiger partial charge on any atom is -0.454 e. The van der Waals surface area contributed by atoms with Crippen molar-refractivity contribution in [1.29, 1.82) is 0 Å². The normalized spacial score (nSPS) is 11.3. The van der Waals surface area contributed by atoms with Crippen molar-refractivity contribution in [2.45, 2.75) is 13.1 Å². The molecule has 22 heavy (non-hydrogen) atoms. The van der Waals surface area contributed by atoms with E-state index in [1.54, 1.807) is 19.2 Å². The van der Waals surface area contributed by atoms with Gasteiger partial charge in [0.25, 0.3) is 5.91 Å². The molecule has 0 aliphatic rings. The van der Waals surface area contributed by atoms with Gasteiger partial charge in [-0.3, -0.25) is 9.79 Å². The van der Waals surface area contributed by atoms with Crippen molar-refractivity contribution < 1.29 is 9.21 Å². The molecular weight excluding hydrogens is 304 g/mol. The summed E-state index contributed by atoms with van der Waals surface area (Å²) in [7, 11) is 1.67. The number of carbonyl (C=O) groups is 1. The van der Waals surface area contributed by atoms with Crippen LogP contribution in [0.1, 0.15) is 21.9 Å². The Bertz CT molecular complexity index is 664. The molecule has 6 nitrogen and oxygen atoms in total. The standard InChI is InChI=1S/C15H17ClN4O2/c1-18-15(19-8-10-2-4-11(16)5-3-10)20-9-12-6-7-13(22-12)14(17)21/h2-7H,8-9H2,1H3,(H2,17,21)(H2,18,19,20). The van der Waals surface area contributed by atoms with Gasteiger partial charge in [-0.15, -0.1) is 0 Å². The number of aliphatic imine (C=N–C) groups is 1. The second-order valence-corrected chi connectivity index (χ2v) is 4.97. The summed E-state index contributed by atoms with van der Waals surface area (Å²) >= 11 is 5.84. The van der Waals surface area contributed by atoms with E-state index in [9.17, 15) is 4.79 Å². The number of halogens is 1. The Morgan fingerprint density at radius 1 is 1.18 bits per heavy atom. The molecule has 0 fully saturated rings. The van der Waals surface area contributed by atoms with Crippen LogP contribution in [0, 0.1) is 0 Å². The highest BCUT2D eigenvalue weighted by Crippen LogP contribution is 2.09. The number of nitrogens with two attached hydrogens (primary N) is 1. The van der Waals surface area contributed by atoms with E-state index in [1.165, 1.54) is 0 Å². The molecule has 0 bridgehead atoms. The zero-order valence-corrected chi connectivity index (χ0v) is 12.9. The average molecular weight is 321 g/mol. The highest BCUT2D eigenvalue weighted by atomic mass is 35.5. The zero-order chi connectivity index (χ0) is 15.9. The Labute approximate surface area is 133 Å². The summed E-state index contributed by atoms with van der Waals surface area (Å²) in [4.78, 5) is 15.1. The number of nitrogens with zero attached hydrogens (tertiary/aromatic N) is 1. The lowest BCUT2D eigenvalue weighted by Crippen LogP contribution is -2.36. The molecule has 2 aromatic rings. The van der Waals surface area contributed by atoms with E-state index in [0.29, 0.717) is 29.8 Å². The third-order valence-corrected chi connectivity index (χ3v) is 3.18. The molecule has 1 aromatic carbocycles. The predicted molar refractivity (Wildman–Crippen MR) is 85.7 cm³/mol. The number of hydrogen-bond acceptors (Lipinski definition) is 3. The topological polar surface area (TPSA) is 92.6 Å². The summed E-state index contributed by atoms with van der Waals surface area (Å²) < 4.78 is 5.28. The Morgan fingerprint density at radius 3 is 2.45 bits per heavy atom. The molecule has 0 atom stereocenters. The van der Waals surface area contributed by atoms with Crippen LogP contribution in [0.4, 0.5) is 0 Å². The van der Waals surface area contributed by atoms with Crippen LogP contribution < -0.4 is 16.4 Å². The molecule has 1 aromatic heterocycles. The van der Waals surface area contributed by atoms with Crippen LogP contribution >= 0.6 is 11.6 Å². The molecule has 0 aliphatic heterocycles. The number of rotatable bonds is 5. The number of primary amides is 1. The maximum Gasteiger partial charge on any atom is 0.284 e. The Hall–Kier alpha value is -2.47. The maximum atomic E-state index is 11.0. The summed E-state index contributed by atoms with van der Waals surface area (Å²) in [5.74, 6) is 0.771. The van der Waals surface area contributed by atoms with Crippen molar-refractivity contribution in [3.8, 4) is 0 Å². The van der Waals surface area contributed by atoms with E-state index >= 15 is 0 Å². The maximum absolute atomic E-state index is 11.0. The lowest BCUT2D eigenvalue weighted by Gasteiger charge is -2.11. The lowest BCUT2D eigenvalue weighted by molar-refractivity contribution is 0.0972. The number of nitrogens with one attached hydrogen (secondary N) is 2. The molecule has 116 valence electrons. The predicted octanol–water partition coefficient (Wildman–Crippen LogP) is 1.90. The lowest BCUT2D eigenvalue weighted by atomic mass is 10.2. The van der Waals surface area contributed by atoms with Crippen molar-refractivity contribution in [1.82, 2.24) is 10.6 Å². The molecular formula is C15H17ClN4O2. The molecule has 1 amide bonds. The van der Waals surface area contributed by atoms with Crippen molar-refractivity contribution >= 4 is 23.5 Å². The van der Waals surface area contributed by atoms with Crippen LogP contribution in [0.3, 0.4) is 0 Å². The van der Waals surface area contributed by atoms with E-state index < -0.39 is 5.91 Å². The highest BCUT2D eigenvalue weighted by Gasteiger charge is 2.07. The summed E-state index contributed by atoms with van der Waals surface area (Å²) in [5.41, 5.74) is 6.22. The van der Waals surface area contributed by atoms with Gasteiger partial charge in [0.2, 0.25) is 0 Å². The van der Waals surface area contributed by atoms with Gasteiger partial charge in [-0.25, -0.2) is 0 Å². The van der Waals surface area contributed by atoms with Gasteiger partial charge in [0.1, 0.15) is 5.76 Å². The molecule has 7 heteroatoms. The van der Waals surface area contributed by atoms with Gasteiger partial charge in [0, 0.05) is 18.6 Å². The highest BCUT2D eigenvalue weighted by molar-refractivity contribution is 6.30. The average Bonchev–Trinajstić information content (AvgIpc) is 2.98. The summed E-state index contributed by atoms with van der Waals surface area (Å²) in [6.07, 6.45) is 0. The minimum atomic E-state index is -0.587. The Kier molecular flexibility index (Phi) is 5.43. The number of carbonyl (C=O) groups excluding carboxylic acids is 1. The van der Waals surface area contributed by atoms with Gasteiger partial charge in [-0.2, -0.15) is 0 Å². The Balaban J connectivity index is 1.84. The summed E-state index contributed by atoms with van der Waals surface area (Å²) in [6, 6.07) is 10.8. The van der Waals surface area contributed by atoms with Crippen molar-refractivity contribution in [2.75, 3.05) is 7.05 Å². The second-order valence-electron chi connectivity index (χ2n) is 4.54. The van der Waals surface area contributed by atoms with Gasteiger partial charge >= 0.3 is 0 Å². The molecule has 0 aliphatic carbocycles. The number of hydrogen-bond donors (Lipinski definition) is 3.